The smallest absolute Gasteiger partial charge is 0.225 e. The summed E-state index contributed by atoms with van der Waals surface area (Å²) in [5, 5.41) is 12.1. The quantitative estimate of drug-likeness (QED) is 0.759. The van der Waals surface area contributed by atoms with E-state index in [1.165, 1.54) is 0 Å². The minimum Gasteiger partial charge on any atom is -0.397 e. The monoisotopic (exact) mass is 308 g/mol. The first-order valence-corrected chi connectivity index (χ1v) is 7.31. The van der Waals surface area contributed by atoms with Crippen LogP contribution in [0.15, 0.2) is 18.2 Å². The van der Waals surface area contributed by atoms with E-state index in [0.29, 0.717) is 35.9 Å². The average molecular weight is 309 g/mol. The van der Waals surface area contributed by atoms with Crippen molar-refractivity contribution in [3.8, 4) is 6.07 Å². The van der Waals surface area contributed by atoms with Gasteiger partial charge < -0.3 is 16.0 Å². The zero-order chi connectivity index (χ0) is 15.8. The molecule has 114 valence electrons. The van der Waals surface area contributed by atoms with Crippen LogP contribution in [0.2, 0.25) is 5.02 Å². The van der Waals surface area contributed by atoms with Gasteiger partial charge in [0, 0.05) is 24.5 Å². The number of halogens is 1. The van der Waals surface area contributed by atoms with Gasteiger partial charge in [-0.2, -0.15) is 5.26 Å². The molecule has 0 aliphatic carbocycles. The summed E-state index contributed by atoms with van der Waals surface area (Å²) >= 11 is 5.81. The van der Waals surface area contributed by atoms with E-state index in [1.54, 1.807) is 18.2 Å². The Bertz CT molecular complexity index is 527. The van der Waals surface area contributed by atoms with Crippen LogP contribution >= 0.6 is 11.6 Å². The summed E-state index contributed by atoms with van der Waals surface area (Å²) in [4.78, 5) is 14.0. The number of nitriles is 1. The highest BCUT2D eigenvalue weighted by Crippen LogP contribution is 2.22. The summed E-state index contributed by atoms with van der Waals surface area (Å²) in [7, 11) is 0. The Balaban J connectivity index is 2.48. The Kier molecular flexibility index (Phi) is 7.00. The van der Waals surface area contributed by atoms with Gasteiger partial charge in [0.25, 0.3) is 0 Å². The molecule has 0 aromatic heterocycles. The largest absolute Gasteiger partial charge is 0.397 e. The lowest BCUT2D eigenvalue weighted by Gasteiger charge is -2.21. The molecular weight excluding hydrogens is 288 g/mol. The van der Waals surface area contributed by atoms with E-state index in [-0.39, 0.29) is 11.8 Å². The van der Waals surface area contributed by atoms with Crippen LogP contribution in [0, 0.1) is 17.2 Å². The summed E-state index contributed by atoms with van der Waals surface area (Å²) in [6, 6.07) is 7.17. The second kappa shape index (κ2) is 8.50. The first kappa shape index (κ1) is 17.3. The third-order valence-corrected chi connectivity index (χ3v) is 3.38. The van der Waals surface area contributed by atoms with Gasteiger partial charge in [0.2, 0.25) is 5.91 Å². The topological polar surface area (TPSA) is 82.2 Å². The number of anilines is 2. The highest BCUT2D eigenvalue weighted by atomic mass is 35.5. The number of nitrogens with one attached hydrogen (secondary N) is 1. The fourth-order valence-electron chi connectivity index (χ4n) is 1.93. The van der Waals surface area contributed by atoms with E-state index in [0.717, 1.165) is 6.54 Å². The van der Waals surface area contributed by atoms with Crippen molar-refractivity contribution in [2.75, 3.05) is 30.7 Å². The molecule has 1 aromatic carbocycles. The molecule has 0 heterocycles. The van der Waals surface area contributed by atoms with E-state index in [9.17, 15) is 4.79 Å². The number of hydrogen-bond acceptors (Lipinski definition) is 4. The molecule has 6 heteroatoms. The SMILES string of the molecule is CCN(CCC(=O)Nc1ccc(Cl)cc1N)CC(C)C#N. The summed E-state index contributed by atoms with van der Waals surface area (Å²) in [5.41, 5.74) is 6.80. The predicted octanol–water partition coefficient (Wildman–Crippen LogP) is 2.73. The number of rotatable bonds is 7. The lowest BCUT2D eigenvalue weighted by molar-refractivity contribution is -0.116. The van der Waals surface area contributed by atoms with Gasteiger partial charge in [-0.05, 0) is 31.7 Å². The van der Waals surface area contributed by atoms with Gasteiger partial charge in [-0.3, -0.25) is 4.79 Å². The van der Waals surface area contributed by atoms with Gasteiger partial charge in [-0.1, -0.05) is 18.5 Å². The normalized spacial score (nSPS) is 12.0. The van der Waals surface area contributed by atoms with Crippen LogP contribution in [-0.2, 0) is 4.79 Å². The van der Waals surface area contributed by atoms with Crippen molar-refractivity contribution >= 4 is 28.9 Å². The number of benzene rings is 1. The molecule has 1 amide bonds. The van der Waals surface area contributed by atoms with Crippen molar-refractivity contribution in [3.63, 3.8) is 0 Å². The summed E-state index contributed by atoms with van der Waals surface area (Å²) in [6.45, 7) is 5.98. The Morgan fingerprint density at radius 1 is 1.57 bits per heavy atom. The Labute approximate surface area is 130 Å². The minimum absolute atomic E-state index is 0.0417. The van der Waals surface area contributed by atoms with Crippen molar-refractivity contribution in [2.24, 2.45) is 5.92 Å². The third kappa shape index (κ3) is 6.03. The fraction of sp³-hybridized carbons (Fsp3) is 0.467. The zero-order valence-electron chi connectivity index (χ0n) is 12.4. The highest BCUT2D eigenvalue weighted by Gasteiger charge is 2.11. The van der Waals surface area contributed by atoms with Crippen LogP contribution < -0.4 is 11.1 Å². The predicted molar refractivity (Wildman–Crippen MR) is 86.0 cm³/mol. The van der Waals surface area contributed by atoms with E-state index in [4.69, 9.17) is 22.6 Å². The van der Waals surface area contributed by atoms with Gasteiger partial charge in [0.1, 0.15) is 0 Å². The standard InChI is InChI=1S/C15H21ClN4O/c1-3-20(10-11(2)9-17)7-6-15(21)19-14-5-4-12(16)8-13(14)18/h4-5,8,11H,3,6-7,10,18H2,1-2H3,(H,19,21). The first-order chi connectivity index (χ1) is 9.96. The molecule has 1 rings (SSSR count). The molecule has 1 aromatic rings. The number of amides is 1. The summed E-state index contributed by atoms with van der Waals surface area (Å²) in [6.07, 6.45) is 0.355. The number of carbonyl (C=O) groups is 1. The molecular formula is C15H21ClN4O. The molecule has 0 fully saturated rings. The number of hydrogen-bond donors (Lipinski definition) is 2. The summed E-state index contributed by atoms with van der Waals surface area (Å²) < 4.78 is 0. The minimum atomic E-state index is -0.105. The first-order valence-electron chi connectivity index (χ1n) is 6.93. The molecule has 1 atom stereocenters. The van der Waals surface area contributed by atoms with E-state index in [2.05, 4.69) is 16.3 Å². The van der Waals surface area contributed by atoms with Crippen molar-refractivity contribution in [3.05, 3.63) is 23.2 Å². The fourth-order valence-corrected chi connectivity index (χ4v) is 2.11. The molecule has 0 aliphatic rings. The molecule has 0 saturated heterocycles. The highest BCUT2D eigenvalue weighted by molar-refractivity contribution is 6.31. The third-order valence-electron chi connectivity index (χ3n) is 3.14. The van der Waals surface area contributed by atoms with E-state index < -0.39 is 0 Å². The number of nitrogens with two attached hydrogens (primary N) is 1. The maximum atomic E-state index is 11.9. The van der Waals surface area contributed by atoms with Gasteiger partial charge >= 0.3 is 0 Å². The van der Waals surface area contributed by atoms with Crippen LogP contribution in [0.1, 0.15) is 20.3 Å². The second-order valence-electron chi connectivity index (χ2n) is 4.95. The number of nitrogens with zero attached hydrogens (tertiary/aromatic N) is 2. The average Bonchev–Trinajstić information content (AvgIpc) is 2.46. The second-order valence-corrected chi connectivity index (χ2v) is 5.39. The lowest BCUT2D eigenvalue weighted by atomic mass is 10.2. The number of carbonyl (C=O) groups excluding carboxylic acids is 1. The van der Waals surface area contributed by atoms with Crippen molar-refractivity contribution in [2.45, 2.75) is 20.3 Å². The van der Waals surface area contributed by atoms with E-state index >= 15 is 0 Å². The Morgan fingerprint density at radius 3 is 2.86 bits per heavy atom. The van der Waals surface area contributed by atoms with Crippen LogP contribution in [0.3, 0.4) is 0 Å². The van der Waals surface area contributed by atoms with Gasteiger partial charge in [-0.25, -0.2) is 0 Å². The molecule has 0 aliphatic heterocycles. The molecule has 21 heavy (non-hydrogen) atoms. The molecule has 0 saturated carbocycles. The van der Waals surface area contributed by atoms with Crippen molar-refractivity contribution in [1.29, 1.82) is 5.26 Å². The Morgan fingerprint density at radius 2 is 2.29 bits per heavy atom. The van der Waals surface area contributed by atoms with Gasteiger partial charge in [0.15, 0.2) is 0 Å². The van der Waals surface area contributed by atoms with Gasteiger partial charge in [0.05, 0.1) is 23.4 Å². The van der Waals surface area contributed by atoms with Crippen molar-refractivity contribution < 1.29 is 4.79 Å². The van der Waals surface area contributed by atoms with Crippen LogP contribution in [-0.4, -0.2) is 30.4 Å². The van der Waals surface area contributed by atoms with Crippen LogP contribution in [0.5, 0.6) is 0 Å². The lowest BCUT2D eigenvalue weighted by Crippen LogP contribution is -2.31. The summed E-state index contributed by atoms with van der Waals surface area (Å²) in [5.74, 6) is -0.146. The molecule has 1 unspecified atom stereocenters. The zero-order valence-corrected chi connectivity index (χ0v) is 13.2. The van der Waals surface area contributed by atoms with Crippen molar-refractivity contribution in [1.82, 2.24) is 4.90 Å². The molecule has 3 N–H and O–H groups in total. The molecule has 0 spiro atoms. The van der Waals surface area contributed by atoms with Crippen LogP contribution in [0.4, 0.5) is 11.4 Å². The number of nitrogen functional groups attached to an aromatic ring is 1. The maximum absolute atomic E-state index is 11.9. The maximum Gasteiger partial charge on any atom is 0.225 e. The van der Waals surface area contributed by atoms with Gasteiger partial charge in [-0.15, -0.1) is 0 Å². The van der Waals surface area contributed by atoms with Crippen LogP contribution in [0.25, 0.3) is 0 Å². The molecule has 5 nitrogen and oxygen atoms in total. The van der Waals surface area contributed by atoms with E-state index in [1.807, 2.05) is 13.8 Å². The Hall–Kier alpha value is -1.77. The molecule has 0 radical (unpaired) electrons. The molecule has 0 bridgehead atoms.